The molecule has 0 aromatic heterocycles. The van der Waals surface area contributed by atoms with Crippen molar-refractivity contribution in [3.8, 4) is 0 Å². The van der Waals surface area contributed by atoms with Gasteiger partial charge in [-0.1, -0.05) is 18.2 Å². The van der Waals surface area contributed by atoms with Gasteiger partial charge in [-0.15, -0.1) is 0 Å². The topological polar surface area (TPSA) is 17.1 Å². The van der Waals surface area contributed by atoms with E-state index >= 15 is 0 Å². The summed E-state index contributed by atoms with van der Waals surface area (Å²) in [4.78, 5) is 11.1. The Hall–Kier alpha value is -1.03. The van der Waals surface area contributed by atoms with Gasteiger partial charge in [0.1, 0.15) is 0 Å². The summed E-state index contributed by atoms with van der Waals surface area (Å²) in [6.07, 6.45) is -4.49. The first-order chi connectivity index (χ1) is 7.17. The van der Waals surface area contributed by atoms with E-state index in [9.17, 15) is 18.0 Å². The van der Waals surface area contributed by atoms with Crippen molar-refractivity contribution in [2.24, 2.45) is 0 Å². The van der Waals surface area contributed by atoms with Crippen molar-refractivity contribution in [1.82, 2.24) is 0 Å². The van der Waals surface area contributed by atoms with Crippen molar-refractivity contribution < 1.29 is 18.0 Å². The van der Waals surface area contributed by atoms with Gasteiger partial charge in [0.25, 0.3) is 0 Å². The summed E-state index contributed by atoms with van der Waals surface area (Å²) >= 11 is 5.32. The molecule has 0 saturated heterocycles. The zero-order chi connectivity index (χ0) is 12.6. The average Bonchev–Trinajstić information content (AvgIpc) is 2.16. The van der Waals surface area contributed by atoms with Crippen LogP contribution in [-0.2, 0) is 16.4 Å². The van der Waals surface area contributed by atoms with Crippen LogP contribution in [0.15, 0.2) is 24.3 Å². The molecule has 0 unspecified atom stereocenters. The van der Waals surface area contributed by atoms with Crippen LogP contribution in [0.1, 0.15) is 25.0 Å². The van der Waals surface area contributed by atoms with E-state index in [1.165, 1.54) is 32.0 Å². The molecule has 1 aromatic rings. The lowest BCUT2D eigenvalue weighted by Gasteiger charge is -2.24. The largest absolute Gasteiger partial charge is 0.416 e. The third-order valence-electron chi connectivity index (χ3n) is 2.40. The molecule has 0 N–H and O–H groups in total. The smallest absolute Gasteiger partial charge is 0.280 e. The molecule has 1 nitrogen and oxygen atoms in total. The molecule has 0 spiro atoms. The molecule has 0 aliphatic heterocycles. The highest BCUT2D eigenvalue weighted by molar-refractivity contribution is 6.65. The van der Waals surface area contributed by atoms with E-state index < -0.39 is 22.4 Å². The average molecular weight is 251 g/mol. The summed E-state index contributed by atoms with van der Waals surface area (Å²) in [5, 5.41) is -0.816. The number of carbonyl (C=O) groups is 1. The molecule has 16 heavy (non-hydrogen) atoms. The van der Waals surface area contributed by atoms with E-state index in [1.54, 1.807) is 0 Å². The minimum atomic E-state index is -4.49. The number of halogens is 4. The Morgan fingerprint density at radius 3 is 1.94 bits per heavy atom. The maximum atomic E-state index is 12.7. The van der Waals surface area contributed by atoms with Gasteiger partial charge in [-0.2, -0.15) is 13.2 Å². The Bertz CT molecular complexity index is 410. The molecular formula is C11H10ClF3O. The van der Waals surface area contributed by atoms with Gasteiger partial charge < -0.3 is 0 Å². The molecule has 0 saturated carbocycles. The molecule has 0 aliphatic carbocycles. The van der Waals surface area contributed by atoms with Crippen LogP contribution < -0.4 is 0 Å². The van der Waals surface area contributed by atoms with Gasteiger partial charge in [0, 0.05) is 0 Å². The molecule has 1 rings (SSSR count). The first-order valence-electron chi connectivity index (χ1n) is 4.54. The van der Waals surface area contributed by atoms with Crippen molar-refractivity contribution >= 4 is 16.8 Å². The predicted octanol–water partition coefficient (Wildman–Crippen LogP) is 3.75. The predicted molar refractivity (Wildman–Crippen MR) is 55.3 cm³/mol. The number of carbonyl (C=O) groups excluding carboxylic acids is 1. The van der Waals surface area contributed by atoms with Crippen LogP contribution in [0.2, 0.25) is 0 Å². The zero-order valence-electron chi connectivity index (χ0n) is 8.73. The van der Waals surface area contributed by atoms with E-state index in [-0.39, 0.29) is 5.56 Å². The molecule has 1 aromatic carbocycles. The monoisotopic (exact) mass is 250 g/mol. The third-order valence-corrected chi connectivity index (χ3v) is 2.87. The first-order valence-corrected chi connectivity index (χ1v) is 4.92. The van der Waals surface area contributed by atoms with Crippen molar-refractivity contribution in [3.63, 3.8) is 0 Å². The normalized spacial score (nSPS) is 12.6. The highest BCUT2D eigenvalue weighted by Crippen LogP contribution is 2.38. The fraction of sp³-hybridized carbons (Fsp3) is 0.364. The number of rotatable bonds is 2. The number of hydrogen-bond donors (Lipinski definition) is 0. The van der Waals surface area contributed by atoms with Crippen molar-refractivity contribution in [2.75, 3.05) is 0 Å². The molecule has 0 aliphatic rings. The van der Waals surface area contributed by atoms with E-state index in [0.717, 1.165) is 6.07 Å². The molecule has 0 radical (unpaired) electrons. The van der Waals surface area contributed by atoms with Crippen LogP contribution in [-0.4, -0.2) is 5.24 Å². The molecule has 0 bridgehead atoms. The fourth-order valence-corrected chi connectivity index (χ4v) is 1.48. The Morgan fingerprint density at radius 2 is 1.56 bits per heavy atom. The summed E-state index contributed by atoms with van der Waals surface area (Å²) in [5.41, 5.74) is -2.29. The van der Waals surface area contributed by atoms with Crippen molar-refractivity contribution in [1.29, 1.82) is 0 Å². The highest BCUT2D eigenvalue weighted by atomic mass is 35.5. The first kappa shape index (κ1) is 13.0. The molecule has 5 heteroatoms. The van der Waals surface area contributed by atoms with Crippen LogP contribution >= 0.6 is 11.6 Å². The van der Waals surface area contributed by atoms with Gasteiger partial charge in [0.05, 0.1) is 11.0 Å². The van der Waals surface area contributed by atoms with Crippen LogP contribution in [0.4, 0.5) is 13.2 Å². The second-order valence-corrected chi connectivity index (χ2v) is 4.29. The lowest BCUT2D eigenvalue weighted by atomic mass is 9.83. The number of benzene rings is 1. The second kappa shape index (κ2) is 4.09. The van der Waals surface area contributed by atoms with Crippen LogP contribution in [0.3, 0.4) is 0 Å². The van der Waals surface area contributed by atoms with Crippen LogP contribution in [0.5, 0.6) is 0 Å². The molecule has 0 amide bonds. The standard InChI is InChI=1S/C11H10ClF3O/c1-10(2,9(12)16)7-5-3-4-6-8(7)11(13,14)15/h3-6H,1-2H3. The van der Waals surface area contributed by atoms with E-state index in [2.05, 4.69) is 0 Å². The Labute approximate surface area is 96.2 Å². The van der Waals surface area contributed by atoms with Crippen LogP contribution in [0, 0.1) is 0 Å². The fourth-order valence-electron chi connectivity index (χ4n) is 1.38. The summed E-state index contributed by atoms with van der Waals surface area (Å²) in [7, 11) is 0. The Kier molecular flexibility index (Phi) is 3.33. The van der Waals surface area contributed by atoms with Gasteiger partial charge in [-0.05, 0) is 37.1 Å². The SMILES string of the molecule is CC(C)(C(=O)Cl)c1ccccc1C(F)(F)F. The second-order valence-electron chi connectivity index (χ2n) is 3.94. The third kappa shape index (κ3) is 2.38. The number of hydrogen-bond acceptors (Lipinski definition) is 1. The lowest BCUT2D eigenvalue weighted by Crippen LogP contribution is -2.28. The molecule has 88 valence electrons. The van der Waals surface area contributed by atoms with E-state index in [0.29, 0.717) is 0 Å². The van der Waals surface area contributed by atoms with Crippen LogP contribution in [0.25, 0.3) is 0 Å². The summed E-state index contributed by atoms with van der Waals surface area (Å²) in [5.74, 6) is 0. The van der Waals surface area contributed by atoms with Gasteiger partial charge in [0.2, 0.25) is 5.24 Å². The highest BCUT2D eigenvalue weighted by Gasteiger charge is 2.39. The minimum absolute atomic E-state index is 0.109. The maximum absolute atomic E-state index is 12.7. The van der Waals surface area contributed by atoms with Gasteiger partial charge in [0.15, 0.2) is 0 Å². The van der Waals surface area contributed by atoms with Crippen molar-refractivity contribution in [3.05, 3.63) is 35.4 Å². The Balaban J connectivity index is 3.41. The molecular weight excluding hydrogens is 241 g/mol. The summed E-state index contributed by atoms with van der Waals surface area (Å²) < 4.78 is 38.1. The van der Waals surface area contributed by atoms with Gasteiger partial charge in [-0.3, -0.25) is 4.79 Å². The Morgan fingerprint density at radius 1 is 1.12 bits per heavy atom. The summed E-state index contributed by atoms with van der Waals surface area (Å²) in [6, 6.07) is 4.94. The van der Waals surface area contributed by atoms with E-state index in [1.807, 2.05) is 0 Å². The quantitative estimate of drug-likeness (QED) is 0.731. The van der Waals surface area contributed by atoms with Gasteiger partial charge in [-0.25, -0.2) is 0 Å². The number of alkyl halides is 3. The van der Waals surface area contributed by atoms with Crippen molar-refractivity contribution in [2.45, 2.75) is 25.4 Å². The minimum Gasteiger partial charge on any atom is -0.280 e. The van der Waals surface area contributed by atoms with E-state index in [4.69, 9.17) is 11.6 Å². The maximum Gasteiger partial charge on any atom is 0.416 e. The van der Waals surface area contributed by atoms with Gasteiger partial charge >= 0.3 is 6.18 Å². The zero-order valence-corrected chi connectivity index (χ0v) is 9.49. The molecule has 0 atom stereocenters. The molecule has 0 heterocycles. The lowest BCUT2D eigenvalue weighted by molar-refractivity contribution is -0.139. The molecule has 0 fully saturated rings. The summed E-state index contributed by atoms with van der Waals surface area (Å²) in [6.45, 7) is 2.74.